The number of hydrogen-bond donors (Lipinski definition) is 1. The van der Waals surface area contributed by atoms with Crippen molar-refractivity contribution in [2.45, 2.75) is 51.4 Å². The van der Waals surface area contributed by atoms with Crippen LogP contribution in [0.1, 0.15) is 33.6 Å². The number of halogens is 3. The molecule has 1 saturated heterocycles. The van der Waals surface area contributed by atoms with E-state index in [1.807, 2.05) is 13.8 Å². The summed E-state index contributed by atoms with van der Waals surface area (Å²) in [6.45, 7) is 6.54. The summed E-state index contributed by atoms with van der Waals surface area (Å²) >= 11 is 0. The Morgan fingerprint density at radius 2 is 2.05 bits per heavy atom. The highest BCUT2D eigenvalue weighted by atomic mass is 19.4. The Bertz CT molecular complexity index is 335. The van der Waals surface area contributed by atoms with Crippen LogP contribution in [0.3, 0.4) is 0 Å². The van der Waals surface area contributed by atoms with Gasteiger partial charge in [-0.05, 0) is 40.2 Å². The maximum Gasteiger partial charge on any atom is 0.393 e. The fourth-order valence-corrected chi connectivity index (χ4v) is 2.66. The van der Waals surface area contributed by atoms with E-state index in [1.54, 1.807) is 11.8 Å². The number of hydrogen-bond acceptors (Lipinski definition) is 3. The minimum atomic E-state index is -4.13. The molecular weight excluding hydrogens is 255 g/mol. The largest absolute Gasteiger partial charge is 0.393 e. The van der Waals surface area contributed by atoms with Crippen molar-refractivity contribution < 1.29 is 13.2 Å². The molecule has 19 heavy (non-hydrogen) atoms. The molecule has 1 aliphatic heterocycles. The van der Waals surface area contributed by atoms with Crippen molar-refractivity contribution in [2.24, 2.45) is 5.92 Å². The van der Waals surface area contributed by atoms with E-state index in [2.05, 4.69) is 11.4 Å². The van der Waals surface area contributed by atoms with E-state index in [9.17, 15) is 18.4 Å². The standard InChI is InChI=1S/C13H22F3N3/c1-10(2)18-12(3,8-17)9-19-6-4-5-11(7-19)13(14,15)16/h10-11,18H,4-7,9H2,1-3H3. The predicted octanol–water partition coefficient (Wildman–Crippen LogP) is 2.54. The van der Waals surface area contributed by atoms with E-state index in [0.717, 1.165) is 0 Å². The van der Waals surface area contributed by atoms with Crippen LogP contribution in [-0.4, -0.2) is 42.3 Å². The molecule has 6 heteroatoms. The molecule has 110 valence electrons. The zero-order valence-electron chi connectivity index (χ0n) is 11.7. The van der Waals surface area contributed by atoms with E-state index in [0.29, 0.717) is 19.5 Å². The van der Waals surface area contributed by atoms with Gasteiger partial charge in [-0.15, -0.1) is 0 Å². The van der Waals surface area contributed by atoms with Crippen molar-refractivity contribution >= 4 is 0 Å². The van der Waals surface area contributed by atoms with Crippen LogP contribution >= 0.6 is 0 Å². The summed E-state index contributed by atoms with van der Waals surface area (Å²) in [5.41, 5.74) is -0.804. The smallest absolute Gasteiger partial charge is 0.300 e. The Morgan fingerprint density at radius 3 is 2.53 bits per heavy atom. The number of piperidine rings is 1. The van der Waals surface area contributed by atoms with Gasteiger partial charge in [-0.2, -0.15) is 18.4 Å². The lowest BCUT2D eigenvalue weighted by molar-refractivity contribution is -0.187. The van der Waals surface area contributed by atoms with Gasteiger partial charge in [0.25, 0.3) is 0 Å². The van der Waals surface area contributed by atoms with Crippen molar-refractivity contribution in [1.29, 1.82) is 5.26 Å². The summed E-state index contributed by atoms with van der Waals surface area (Å²) in [6.07, 6.45) is -3.40. The van der Waals surface area contributed by atoms with Gasteiger partial charge in [0.15, 0.2) is 0 Å². The van der Waals surface area contributed by atoms with Crippen LogP contribution in [0.2, 0.25) is 0 Å². The van der Waals surface area contributed by atoms with Gasteiger partial charge in [0.1, 0.15) is 5.54 Å². The molecule has 1 rings (SSSR count). The number of alkyl halides is 3. The van der Waals surface area contributed by atoms with E-state index < -0.39 is 17.6 Å². The Hall–Kier alpha value is -0.800. The van der Waals surface area contributed by atoms with Gasteiger partial charge >= 0.3 is 6.18 Å². The van der Waals surface area contributed by atoms with Crippen LogP contribution in [0.5, 0.6) is 0 Å². The Morgan fingerprint density at radius 1 is 1.42 bits per heavy atom. The maximum atomic E-state index is 12.7. The highest BCUT2D eigenvalue weighted by molar-refractivity contribution is 5.06. The van der Waals surface area contributed by atoms with Crippen LogP contribution in [0.25, 0.3) is 0 Å². The van der Waals surface area contributed by atoms with Gasteiger partial charge in [-0.1, -0.05) is 0 Å². The van der Waals surface area contributed by atoms with E-state index >= 15 is 0 Å². The molecule has 0 saturated carbocycles. The lowest BCUT2D eigenvalue weighted by Gasteiger charge is -2.38. The molecule has 0 radical (unpaired) electrons. The van der Waals surface area contributed by atoms with Crippen LogP contribution in [0.4, 0.5) is 13.2 Å². The van der Waals surface area contributed by atoms with Crippen LogP contribution in [0.15, 0.2) is 0 Å². The fraction of sp³-hybridized carbons (Fsp3) is 0.923. The molecule has 0 aliphatic carbocycles. The molecule has 1 aliphatic rings. The third-order valence-corrected chi connectivity index (χ3v) is 3.36. The van der Waals surface area contributed by atoms with Gasteiger partial charge in [-0.25, -0.2) is 0 Å². The first-order valence-corrected chi connectivity index (χ1v) is 6.64. The zero-order chi connectivity index (χ0) is 14.7. The van der Waals surface area contributed by atoms with Gasteiger partial charge in [0.2, 0.25) is 0 Å². The maximum absolute atomic E-state index is 12.7. The van der Waals surface area contributed by atoms with E-state index in [4.69, 9.17) is 0 Å². The molecule has 2 unspecified atom stereocenters. The van der Waals surface area contributed by atoms with Gasteiger partial charge in [0.05, 0.1) is 12.0 Å². The van der Waals surface area contributed by atoms with Crippen molar-refractivity contribution in [3.05, 3.63) is 0 Å². The molecule has 0 aromatic rings. The van der Waals surface area contributed by atoms with Gasteiger partial charge < -0.3 is 0 Å². The number of nitrogens with one attached hydrogen (secondary N) is 1. The first kappa shape index (κ1) is 16.3. The molecular formula is C13H22F3N3. The third kappa shape index (κ3) is 5.00. The molecule has 0 spiro atoms. The van der Waals surface area contributed by atoms with Crippen molar-refractivity contribution in [1.82, 2.24) is 10.2 Å². The highest BCUT2D eigenvalue weighted by Crippen LogP contribution is 2.33. The highest BCUT2D eigenvalue weighted by Gasteiger charge is 2.42. The third-order valence-electron chi connectivity index (χ3n) is 3.36. The second kappa shape index (κ2) is 6.10. The second-order valence-electron chi connectivity index (χ2n) is 5.86. The summed E-state index contributed by atoms with van der Waals surface area (Å²) in [6, 6.07) is 2.30. The van der Waals surface area contributed by atoms with Crippen molar-refractivity contribution in [3.8, 4) is 6.07 Å². The minimum absolute atomic E-state index is 0.000541. The molecule has 2 atom stereocenters. The number of likely N-dealkylation sites (tertiary alicyclic amines) is 1. The molecule has 0 bridgehead atoms. The first-order chi connectivity index (χ1) is 8.66. The topological polar surface area (TPSA) is 39.1 Å². The monoisotopic (exact) mass is 277 g/mol. The van der Waals surface area contributed by atoms with Gasteiger partial charge in [-0.3, -0.25) is 10.2 Å². The predicted molar refractivity (Wildman–Crippen MR) is 67.5 cm³/mol. The molecule has 0 aromatic carbocycles. The van der Waals surface area contributed by atoms with E-state index in [-0.39, 0.29) is 19.0 Å². The lowest BCUT2D eigenvalue weighted by atomic mass is 9.95. The molecule has 3 nitrogen and oxygen atoms in total. The quantitative estimate of drug-likeness (QED) is 0.858. The normalized spacial score (nSPS) is 25.1. The molecule has 0 aromatic heterocycles. The second-order valence-corrected chi connectivity index (χ2v) is 5.86. The van der Waals surface area contributed by atoms with Crippen molar-refractivity contribution in [3.63, 3.8) is 0 Å². The molecule has 1 fully saturated rings. The summed E-state index contributed by atoms with van der Waals surface area (Å²) in [4.78, 5) is 1.75. The lowest BCUT2D eigenvalue weighted by Crippen LogP contribution is -2.55. The Labute approximate surface area is 112 Å². The van der Waals surface area contributed by atoms with Crippen LogP contribution in [-0.2, 0) is 0 Å². The Balaban J connectivity index is 2.63. The summed E-state index contributed by atoms with van der Waals surface area (Å²) in [7, 11) is 0. The minimum Gasteiger partial charge on any atom is -0.300 e. The molecule has 0 amide bonds. The zero-order valence-corrected chi connectivity index (χ0v) is 11.7. The molecule has 1 N–H and O–H groups in total. The SMILES string of the molecule is CC(C)NC(C)(C#N)CN1CCCC(C(F)(F)F)C1. The van der Waals surface area contributed by atoms with Gasteiger partial charge in [0, 0.05) is 19.1 Å². The number of nitriles is 1. The Kier molecular flexibility index (Phi) is 5.22. The average Bonchev–Trinajstić information content (AvgIpc) is 2.27. The number of rotatable bonds is 4. The van der Waals surface area contributed by atoms with Crippen LogP contribution in [0, 0.1) is 17.2 Å². The van der Waals surface area contributed by atoms with Crippen molar-refractivity contribution in [2.75, 3.05) is 19.6 Å². The fourth-order valence-electron chi connectivity index (χ4n) is 2.66. The number of nitrogens with zero attached hydrogens (tertiary/aromatic N) is 2. The summed E-state index contributed by atoms with van der Waals surface area (Å²) < 4.78 is 38.2. The molecule has 1 heterocycles. The summed E-state index contributed by atoms with van der Waals surface area (Å²) in [5.74, 6) is -1.26. The average molecular weight is 277 g/mol. The first-order valence-electron chi connectivity index (χ1n) is 6.64. The van der Waals surface area contributed by atoms with Crippen LogP contribution < -0.4 is 5.32 Å². The summed E-state index contributed by atoms with van der Waals surface area (Å²) in [5, 5.41) is 12.4. The van der Waals surface area contributed by atoms with E-state index in [1.165, 1.54) is 0 Å².